The van der Waals surface area contributed by atoms with Gasteiger partial charge in [0.1, 0.15) is 0 Å². The summed E-state index contributed by atoms with van der Waals surface area (Å²) < 4.78 is 5.07. The molecule has 0 rings (SSSR count). The summed E-state index contributed by atoms with van der Waals surface area (Å²) in [6, 6.07) is 0. The molecule has 2 heteroatoms. The highest BCUT2D eigenvalue weighted by Gasteiger charge is 2.15. The number of methoxy groups -OCH3 is 1. The molecule has 0 spiro atoms. The molecule has 2 nitrogen and oxygen atoms in total. The Bertz CT molecular complexity index is 151. The van der Waals surface area contributed by atoms with Gasteiger partial charge in [0.15, 0.2) is 0 Å². The number of hydrogen-bond donors (Lipinski definition) is 1. The highest BCUT2D eigenvalue weighted by atomic mass is 16.5. The lowest BCUT2D eigenvalue weighted by Gasteiger charge is -2.26. The molecule has 0 aromatic carbocycles. The maximum Gasteiger partial charge on any atom is 0.0462 e. The Kier molecular flexibility index (Phi) is 7.20. The van der Waals surface area contributed by atoms with Gasteiger partial charge in [-0.3, -0.25) is 0 Å². The van der Waals surface area contributed by atoms with Crippen molar-refractivity contribution in [3.05, 3.63) is 0 Å². The van der Waals surface area contributed by atoms with Crippen LogP contribution >= 0.6 is 0 Å². The van der Waals surface area contributed by atoms with Crippen LogP contribution in [0.15, 0.2) is 0 Å². The van der Waals surface area contributed by atoms with Gasteiger partial charge in [0.2, 0.25) is 0 Å². The Morgan fingerprint density at radius 1 is 1.13 bits per heavy atom. The lowest BCUT2D eigenvalue weighted by Crippen LogP contribution is -2.39. The molecule has 92 valence electrons. The quantitative estimate of drug-likeness (QED) is 0.659. The topological polar surface area (TPSA) is 21.3 Å². The van der Waals surface area contributed by atoms with Crippen molar-refractivity contribution in [1.82, 2.24) is 5.32 Å². The second-order valence-corrected chi connectivity index (χ2v) is 5.72. The van der Waals surface area contributed by atoms with Crippen LogP contribution in [0.25, 0.3) is 0 Å². The molecule has 0 bridgehead atoms. The van der Waals surface area contributed by atoms with Crippen LogP contribution in [-0.2, 0) is 4.74 Å². The van der Waals surface area contributed by atoms with Crippen molar-refractivity contribution in [2.24, 2.45) is 11.8 Å². The normalized spacial score (nSPS) is 16.4. The SMILES string of the molecule is COCCCC(C)C(C)CNC(C)(C)C. The van der Waals surface area contributed by atoms with Gasteiger partial charge in [-0.25, -0.2) is 0 Å². The Labute approximate surface area is 95.8 Å². The summed E-state index contributed by atoms with van der Waals surface area (Å²) in [6.45, 7) is 13.3. The first-order valence-electron chi connectivity index (χ1n) is 6.11. The van der Waals surface area contributed by atoms with Crippen LogP contribution in [0.1, 0.15) is 47.5 Å². The third-order valence-electron chi connectivity index (χ3n) is 2.93. The smallest absolute Gasteiger partial charge is 0.0462 e. The van der Waals surface area contributed by atoms with Crippen molar-refractivity contribution in [2.45, 2.75) is 53.0 Å². The van der Waals surface area contributed by atoms with Gasteiger partial charge >= 0.3 is 0 Å². The lowest BCUT2D eigenvalue weighted by atomic mass is 9.91. The molecule has 2 atom stereocenters. The fourth-order valence-corrected chi connectivity index (χ4v) is 1.50. The Morgan fingerprint density at radius 3 is 2.20 bits per heavy atom. The van der Waals surface area contributed by atoms with Crippen molar-refractivity contribution in [3.63, 3.8) is 0 Å². The van der Waals surface area contributed by atoms with E-state index >= 15 is 0 Å². The van der Waals surface area contributed by atoms with E-state index in [-0.39, 0.29) is 5.54 Å². The molecule has 0 fully saturated rings. The van der Waals surface area contributed by atoms with Crippen LogP contribution in [0.4, 0.5) is 0 Å². The second-order valence-electron chi connectivity index (χ2n) is 5.72. The lowest BCUT2D eigenvalue weighted by molar-refractivity contribution is 0.181. The van der Waals surface area contributed by atoms with Crippen molar-refractivity contribution in [2.75, 3.05) is 20.3 Å². The van der Waals surface area contributed by atoms with Crippen LogP contribution < -0.4 is 5.32 Å². The first kappa shape index (κ1) is 14.9. The summed E-state index contributed by atoms with van der Waals surface area (Å²) in [7, 11) is 1.77. The monoisotopic (exact) mass is 215 g/mol. The Hall–Kier alpha value is -0.0800. The third kappa shape index (κ3) is 8.88. The largest absolute Gasteiger partial charge is 0.385 e. The minimum absolute atomic E-state index is 0.237. The van der Waals surface area contributed by atoms with Crippen LogP contribution in [0.2, 0.25) is 0 Å². The van der Waals surface area contributed by atoms with E-state index in [1.54, 1.807) is 7.11 Å². The summed E-state index contributed by atoms with van der Waals surface area (Å²) in [5.41, 5.74) is 0.237. The maximum absolute atomic E-state index is 5.07. The van der Waals surface area contributed by atoms with Gasteiger partial charge in [-0.15, -0.1) is 0 Å². The van der Waals surface area contributed by atoms with E-state index in [2.05, 4.69) is 39.9 Å². The average Bonchev–Trinajstić information content (AvgIpc) is 2.13. The van der Waals surface area contributed by atoms with Crippen LogP contribution in [0.5, 0.6) is 0 Å². The summed E-state index contributed by atoms with van der Waals surface area (Å²) in [4.78, 5) is 0. The van der Waals surface area contributed by atoms with Crippen LogP contribution in [0.3, 0.4) is 0 Å². The summed E-state index contributed by atoms with van der Waals surface area (Å²) in [5.74, 6) is 1.51. The Balaban J connectivity index is 3.64. The van der Waals surface area contributed by atoms with Crippen molar-refractivity contribution in [3.8, 4) is 0 Å². The molecule has 0 heterocycles. The molecular formula is C13H29NO. The van der Waals surface area contributed by atoms with Gasteiger partial charge in [-0.2, -0.15) is 0 Å². The molecule has 0 radical (unpaired) electrons. The summed E-state index contributed by atoms with van der Waals surface area (Å²) in [5, 5.41) is 3.56. The van der Waals surface area contributed by atoms with Crippen molar-refractivity contribution >= 4 is 0 Å². The number of nitrogens with one attached hydrogen (secondary N) is 1. The van der Waals surface area contributed by atoms with Crippen LogP contribution in [-0.4, -0.2) is 25.8 Å². The predicted molar refractivity (Wildman–Crippen MR) is 67.2 cm³/mol. The number of ether oxygens (including phenoxy) is 1. The fraction of sp³-hybridized carbons (Fsp3) is 1.00. The number of rotatable bonds is 7. The van der Waals surface area contributed by atoms with Crippen LogP contribution in [0, 0.1) is 11.8 Å². The van der Waals surface area contributed by atoms with E-state index in [0.717, 1.165) is 25.0 Å². The molecule has 15 heavy (non-hydrogen) atoms. The molecule has 0 aliphatic rings. The van der Waals surface area contributed by atoms with Gasteiger partial charge in [0, 0.05) is 19.3 Å². The van der Waals surface area contributed by atoms with E-state index in [4.69, 9.17) is 4.74 Å². The fourth-order valence-electron chi connectivity index (χ4n) is 1.50. The van der Waals surface area contributed by atoms with Gasteiger partial charge in [-0.1, -0.05) is 13.8 Å². The van der Waals surface area contributed by atoms with Gasteiger partial charge < -0.3 is 10.1 Å². The van der Waals surface area contributed by atoms with E-state index in [9.17, 15) is 0 Å². The average molecular weight is 215 g/mol. The van der Waals surface area contributed by atoms with E-state index < -0.39 is 0 Å². The second kappa shape index (κ2) is 7.24. The summed E-state index contributed by atoms with van der Waals surface area (Å²) >= 11 is 0. The molecule has 0 aliphatic heterocycles. The molecule has 1 N–H and O–H groups in total. The van der Waals surface area contributed by atoms with E-state index in [0.29, 0.717) is 0 Å². The standard InChI is InChI=1S/C13H29NO/c1-11(8-7-9-15-6)12(2)10-14-13(3,4)5/h11-12,14H,7-10H2,1-6H3. The molecule has 0 aromatic heterocycles. The minimum atomic E-state index is 0.237. The van der Waals surface area contributed by atoms with Gasteiger partial charge in [0.25, 0.3) is 0 Å². The molecule has 0 aliphatic carbocycles. The van der Waals surface area contributed by atoms with Gasteiger partial charge in [0.05, 0.1) is 0 Å². The molecular weight excluding hydrogens is 186 g/mol. The predicted octanol–water partition coefficient (Wildman–Crippen LogP) is 3.07. The Morgan fingerprint density at radius 2 is 1.73 bits per heavy atom. The maximum atomic E-state index is 5.07. The zero-order valence-electron chi connectivity index (χ0n) is 11.4. The molecule has 0 saturated heterocycles. The molecule has 0 aromatic rings. The first-order valence-corrected chi connectivity index (χ1v) is 6.11. The van der Waals surface area contributed by atoms with E-state index in [1.807, 2.05) is 0 Å². The highest BCUT2D eigenvalue weighted by molar-refractivity contribution is 4.73. The zero-order valence-corrected chi connectivity index (χ0v) is 11.4. The third-order valence-corrected chi connectivity index (χ3v) is 2.93. The summed E-state index contributed by atoms with van der Waals surface area (Å²) in [6.07, 6.45) is 2.44. The van der Waals surface area contributed by atoms with Crippen molar-refractivity contribution in [1.29, 1.82) is 0 Å². The molecule has 0 saturated carbocycles. The van der Waals surface area contributed by atoms with Crippen molar-refractivity contribution < 1.29 is 4.74 Å². The molecule has 0 amide bonds. The first-order chi connectivity index (χ1) is 6.87. The minimum Gasteiger partial charge on any atom is -0.385 e. The number of hydrogen-bond acceptors (Lipinski definition) is 2. The van der Waals surface area contributed by atoms with E-state index in [1.165, 1.54) is 12.8 Å². The zero-order chi connectivity index (χ0) is 11.9. The molecule has 2 unspecified atom stereocenters. The highest BCUT2D eigenvalue weighted by Crippen LogP contribution is 2.17. The van der Waals surface area contributed by atoms with Gasteiger partial charge in [-0.05, 0) is 52.0 Å².